The lowest BCUT2D eigenvalue weighted by Gasteiger charge is -2.35. The van der Waals surface area contributed by atoms with Crippen LogP contribution in [-0.2, 0) is 25.7 Å². The minimum atomic E-state index is 1.28. The van der Waals surface area contributed by atoms with Crippen LogP contribution in [-0.4, -0.2) is 0 Å². The van der Waals surface area contributed by atoms with E-state index in [4.69, 9.17) is 0 Å². The van der Waals surface area contributed by atoms with Gasteiger partial charge in [0.05, 0.1) is 0 Å². The lowest BCUT2D eigenvalue weighted by molar-refractivity contribution is 0.667. The smallest absolute Gasteiger partial charge is 0.00611 e. The molecule has 0 nitrogen and oxygen atoms in total. The van der Waals surface area contributed by atoms with E-state index in [1.165, 1.54) is 103 Å². The maximum atomic E-state index is 2.39. The largest absolute Gasteiger partial charge is 0.0654 e. The first-order valence-electron chi connectivity index (χ1n) is 14.1. The summed E-state index contributed by atoms with van der Waals surface area (Å²) in [6.45, 7) is 9.36. The van der Waals surface area contributed by atoms with Gasteiger partial charge in [-0.25, -0.2) is 0 Å². The van der Waals surface area contributed by atoms with E-state index in [2.05, 4.69) is 52.0 Å². The van der Waals surface area contributed by atoms with Gasteiger partial charge in [-0.1, -0.05) is 103 Å². The molecule has 0 amide bonds. The molecule has 0 spiro atoms. The Kier molecular flexibility index (Phi) is 10.4. The fourth-order valence-corrected chi connectivity index (χ4v) is 5.78. The molecule has 176 valence electrons. The van der Waals surface area contributed by atoms with Crippen molar-refractivity contribution >= 4 is 0 Å². The molecule has 3 rings (SSSR count). The van der Waals surface area contributed by atoms with Gasteiger partial charge in [-0.3, -0.25) is 0 Å². The van der Waals surface area contributed by atoms with Crippen LogP contribution in [0.2, 0.25) is 0 Å². The Morgan fingerprint density at radius 1 is 0.406 bits per heavy atom. The minimum absolute atomic E-state index is 1.28. The number of hydrogen-bond acceptors (Lipinski definition) is 0. The van der Waals surface area contributed by atoms with E-state index in [1.807, 2.05) is 0 Å². The minimum Gasteiger partial charge on any atom is -0.0654 e. The second kappa shape index (κ2) is 13.2. The average molecular weight is 433 g/mol. The van der Waals surface area contributed by atoms with Gasteiger partial charge in [-0.05, 0) is 95.9 Å². The monoisotopic (exact) mass is 432 g/mol. The summed E-state index contributed by atoms with van der Waals surface area (Å²) in [5, 5.41) is 0. The summed E-state index contributed by atoms with van der Waals surface area (Å²) in [7, 11) is 0. The van der Waals surface area contributed by atoms with Crippen LogP contribution in [0.25, 0.3) is 22.3 Å². The van der Waals surface area contributed by atoms with Crippen molar-refractivity contribution in [3.05, 3.63) is 46.5 Å². The summed E-state index contributed by atoms with van der Waals surface area (Å²) >= 11 is 0. The fraction of sp³-hybridized carbons (Fsp3) is 0.625. The summed E-state index contributed by atoms with van der Waals surface area (Å²) in [5.74, 6) is 0. The zero-order valence-electron chi connectivity index (χ0n) is 21.6. The van der Waals surface area contributed by atoms with Gasteiger partial charge in [-0.15, -0.1) is 0 Å². The van der Waals surface area contributed by atoms with Crippen molar-refractivity contribution in [3.8, 4) is 22.3 Å². The molecule has 0 saturated heterocycles. The zero-order valence-corrected chi connectivity index (χ0v) is 21.6. The van der Waals surface area contributed by atoms with Gasteiger partial charge in [-0.2, -0.15) is 0 Å². The fourth-order valence-electron chi connectivity index (χ4n) is 5.78. The van der Waals surface area contributed by atoms with Crippen molar-refractivity contribution in [1.29, 1.82) is 0 Å². The number of unbranched alkanes of at least 4 members (excludes halogenated alkanes) is 8. The average Bonchev–Trinajstić information content (AvgIpc) is 2.79. The van der Waals surface area contributed by atoms with Gasteiger partial charge >= 0.3 is 0 Å². The molecule has 2 aromatic carbocycles. The standard InChI is InChI=1S/C32H48/c1-5-9-13-19-25-26(20-14-10-6-2)28(22-16-12-8-4)32-30-24-18-17-23-29(30)31(32)27(25)21-15-11-7-3/h17-18,23-24H,5-16,19-22H2,1-4H3. The normalized spacial score (nSPS) is 11.9. The number of fused-ring (bicyclic) bond motifs is 4. The van der Waals surface area contributed by atoms with E-state index in [0.29, 0.717) is 0 Å². The molecule has 1 aliphatic rings. The van der Waals surface area contributed by atoms with Gasteiger partial charge in [0.1, 0.15) is 0 Å². The quantitative estimate of drug-likeness (QED) is 0.197. The SMILES string of the molecule is CCCCCc1c(CCCCC)c(CCCCC)c2c(c1CCCCC)-c1ccccc1-2. The number of rotatable bonds is 16. The lowest BCUT2D eigenvalue weighted by atomic mass is 9.69. The van der Waals surface area contributed by atoms with Gasteiger partial charge in [0.2, 0.25) is 0 Å². The Morgan fingerprint density at radius 2 is 0.719 bits per heavy atom. The maximum Gasteiger partial charge on any atom is -0.00611 e. The Morgan fingerprint density at radius 3 is 1.03 bits per heavy atom. The Bertz CT molecular complexity index is 772. The topological polar surface area (TPSA) is 0 Å². The maximum absolute atomic E-state index is 2.39. The molecule has 0 aliphatic heterocycles. The third-order valence-electron chi connectivity index (χ3n) is 7.53. The van der Waals surface area contributed by atoms with Gasteiger partial charge in [0.15, 0.2) is 0 Å². The van der Waals surface area contributed by atoms with Crippen LogP contribution >= 0.6 is 0 Å². The molecule has 0 fully saturated rings. The molecule has 0 saturated carbocycles. The molecule has 0 heteroatoms. The van der Waals surface area contributed by atoms with E-state index < -0.39 is 0 Å². The Hall–Kier alpha value is -1.56. The highest BCUT2D eigenvalue weighted by Crippen LogP contribution is 2.54. The first-order chi connectivity index (χ1) is 15.8. The first-order valence-corrected chi connectivity index (χ1v) is 14.1. The van der Waals surface area contributed by atoms with E-state index in [9.17, 15) is 0 Å². The van der Waals surface area contributed by atoms with E-state index in [0.717, 1.165) is 0 Å². The first kappa shape index (κ1) is 25.1. The Labute approximate surface area is 199 Å². The van der Waals surface area contributed by atoms with Crippen molar-refractivity contribution in [2.24, 2.45) is 0 Å². The molecule has 0 N–H and O–H groups in total. The van der Waals surface area contributed by atoms with Crippen LogP contribution in [0.5, 0.6) is 0 Å². The van der Waals surface area contributed by atoms with Crippen molar-refractivity contribution in [2.45, 2.75) is 130 Å². The summed E-state index contributed by atoms with van der Waals surface area (Å²) in [4.78, 5) is 0. The summed E-state index contributed by atoms with van der Waals surface area (Å²) in [5.41, 5.74) is 13.5. The highest BCUT2D eigenvalue weighted by atomic mass is 14.3. The van der Waals surface area contributed by atoms with Crippen LogP contribution in [0.4, 0.5) is 0 Å². The second-order valence-electron chi connectivity index (χ2n) is 10.0. The van der Waals surface area contributed by atoms with Crippen LogP contribution in [0, 0.1) is 0 Å². The van der Waals surface area contributed by atoms with E-state index in [1.54, 1.807) is 44.5 Å². The van der Waals surface area contributed by atoms with E-state index >= 15 is 0 Å². The second-order valence-corrected chi connectivity index (χ2v) is 10.0. The molecular weight excluding hydrogens is 384 g/mol. The third-order valence-corrected chi connectivity index (χ3v) is 7.53. The molecule has 1 aliphatic carbocycles. The van der Waals surface area contributed by atoms with Crippen LogP contribution < -0.4 is 0 Å². The molecule has 0 unspecified atom stereocenters. The number of hydrogen-bond donors (Lipinski definition) is 0. The number of benzene rings is 2. The van der Waals surface area contributed by atoms with Crippen LogP contribution in [0.1, 0.15) is 127 Å². The Balaban J connectivity index is 2.13. The van der Waals surface area contributed by atoms with E-state index in [-0.39, 0.29) is 0 Å². The third kappa shape index (κ3) is 5.67. The summed E-state index contributed by atoms with van der Waals surface area (Å²) in [6.07, 6.45) is 21.2. The molecule has 0 radical (unpaired) electrons. The van der Waals surface area contributed by atoms with Gasteiger partial charge < -0.3 is 0 Å². The molecule has 2 aromatic rings. The molecule has 0 aromatic heterocycles. The molecular formula is C32H48. The van der Waals surface area contributed by atoms with Crippen LogP contribution in [0.15, 0.2) is 24.3 Å². The van der Waals surface area contributed by atoms with Gasteiger partial charge in [0.25, 0.3) is 0 Å². The van der Waals surface area contributed by atoms with Gasteiger partial charge in [0, 0.05) is 0 Å². The van der Waals surface area contributed by atoms with Crippen molar-refractivity contribution in [2.75, 3.05) is 0 Å². The summed E-state index contributed by atoms with van der Waals surface area (Å²) < 4.78 is 0. The molecule has 0 atom stereocenters. The zero-order chi connectivity index (χ0) is 22.8. The highest BCUT2D eigenvalue weighted by molar-refractivity contribution is 6.06. The lowest BCUT2D eigenvalue weighted by Crippen LogP contribution is -2.15. The van der Waals surface area contributed by atoms with Crippen molar-refractivity contribution < 1.29 is 0 Å². The summed E-state index contributed by atoms with van der Waals surface area (Å²) in [6, 6.07) is 9.29. The van der Waals surface area contributed by atoms with Crippen molar-refractivity contribution in [3.63, 3.8) is 0 Å². The predicted molar refractivity (Wildman–Crippen MR) is 144 cm³/mol. The predicted octanol–water partition coefficient (Wildman–Crippen LogP) is 10.3. The molecule has 32 heavy (non-hydrogen) atoms. The highest BCUT2D eigenvalue weighted by Gasteiger charge is 2.31. The van der Waals surface area contributed by atoms with Crippen molar-refractivity contribution in [1.82, 2.24) is 0 Å². The molecule has 0 bridgehead atoms. The molecule has 0 heterocycles. The van der Waals surface area contributed by atoms with Crippen LogP contribution in [0.3, 0.4) is 0 Å².